The molecule has 4 aromatic rings. The number of fused-ring (bicyclic) bond motifs is 3. The summed E-state index contributed by atoms with van der Waals surface area (Å²) in [6.07, 6.45) is 5.33. The summed E-state index contributed by atoms with van der Waals surface area (Å²) in [5.41, 5.74) is 2.87. The van der Waals surface area contributed by atoms with Crippen LogP contribution >= 0.6 is 11.3 Å². The average molecular weight is 397 g/mol. The van der Waals surface area contributed by atoms with Gasteiger partial charge in [0.2, 0.25) is 5.95 Å². The van der Waals surface area contributed by atoms with Gasteiger partial charge < -0.3 is 0 Å². The highest BCUT2D eigenvalue weighted by Gasteiger charge is 2.18. The highest BCUT2D eigenvalue weighted by molar-refractivity contribution is 7.23. The van der Waals surface area contributed by atoms with E-state index in [9.17, 15) is 9.59 Å². The predicted molar refractivity (Wildman–Crippen MR) is 107 cm³/mol. The fourth-order valence-corrected chi connectivity index (χ4v) is 4.31. The third-order valence-electron chi connectivity index (χ3n) is 4.51. The lowest BCUT2D eigenvalue weighted by Crippen LogP contribution is -2.26. The molecule has 4 rings (SSSR count). The van der Waals surface area contributed by atoms with Crippen LogP contribution in [0.1, 0.15) is 48.2 Å². The summed E-state index contributed by atoms with van der Waals surface area (Å²) in [4.78, 5) is 30.4. The Bertz CT molecular complexity index is 1210. The van der Waals surface area contributed by atoms with E-state index in [4.69, 9.17) is 0 Å². The standard InChI is InChI=1S/C18H19N7O2S/c1-3-5-10-7-13-14(8-11(10)6-4-2)28-18-19-9-12(16(27)25(13)18)15(26)20-17-21-23-24-22-17/h7-9H,3-6H2,1-2H3,(H2,20,21,22,23,24,26). The van der Waals surface area contributed by atoms with Crippen LogP contribution < -0.4 is 10.9 Å². The lowest BCUT2D eigenvalue weighted by Gasteiger charge is -2.08. The van der Waals surface area contributed by atoms with E-state index in [1.807, 2.05) is 0 Å². The normalized spacial score (nSPS) is 11.4. The molecule has 0 fully saturated rings. The van der Waals surface area contributed by atoms with Crippen LogP contribution in [0.3, 0.4) is 0 Å². The number of rotatable bonds is 6. The maximum Gasteiger partial charge on any atom is 0.271 e. The molecular formula is C18H19N7O2S. The Morgan fingerprint density at radius 2 is 1.96 bits per heavy atom. The number of H-pyrrole nitrogens is 1. The molecule has 0 radical (unpaired) electrons. The summed E-state index contributed by atoms with van der Waals surface area (Å²) in [5.74, 6) is -0.541. The summed E-state index contributed by atoms with van der Waals surface area (Å²) in [6.45, 7) is 4.30. The van der Waals surface area contributed by atoms with Crippen LogP contribution in [0.2, 0.25) is 0 Å². The Morgan fingerprint density at radius 1 is 1.21 bits per heavy atom. The van der Waals surface area contributed by atoms with Crippen LogP contribution in [0.15, 0.2) is 23.1 Å². The molecule has 1 amide bonds. The molecule has 0 saturated heterocycles. The number of aryl methyl sites for hydroxylation is 2. The van der Waals surface area contributed by atoms with Crippen molar-refractivity contribution in [2.24, 2.45) is 0 Å². The van der Waals surface area contributed by atoms with Gasteiger partial charge in [-0.3, -0.25) is 19.3 Å². The minimum absolute atomic E-state index is 0.0664. The number of benzene rings is 1. The lowest BCUT2D eigenvalue weighted by molar-refractivity contribution is 0.102. The van der Waals surface area contributed by atoms with Gasteiger partial charge in [0.15, 0.2) is 4.96 Å². The van der Waals surface area contributed by atoms with Crippen LogP contribution in [-0.4, -0.2) is 35.9 Å². The third-order valence-corrected chi connectivity index (χ3v) is 5.53. The number of nitrogens with zero attached hydrogens (tertiary/aromatic N) is 5. The number of carbonyl (C=O) groups excluding carboxylic acids is 1. The van der Waals surface area contributed by atoms with E-state index in [1.54, 1.807) is 0 Å². The topological polar surface area (TPSA) is 118 Å². The van der Waals surface area contributed by atoms with Crippen LogP contribution in [-0.2, 0) is 12.8 Å². The van der Waals surface area contributed by atoms with E-state index in [-0.39, 0.29) is 11.5 Å². The van der Waals surface area contributed by atoms with Crippen molar-refractivity contribution in [3.05, 3.63) is 45.4 Å². The first-order chi connectivity index (χ1) is 13.6. The molecule has 28 heavy (non-hydrogen) atoms. The van der Waals surface area contributed by atoms with Gasteiger partial charge in [-0.25, -0.2) is 10.1 Å². The molecule has 0 aliphatic carbocycles. The number of amides is 1. The first kappa shape index (κ1) is 18.2. The van der Waals surface area contributed by atoms with Crippen molar-refractivity contribution in [3.63, 3.8) is 0 Å². The van der Waals surface area contributed by atoms with Gasteiger partial charge in [0.25, 0.3) is 11.5 Å². The number of aromatic nitrogens is 6. The smallest absolute Gasteiger partial charge is 0.271 e. The van der Waals surface area contributed by atoms with E-state index in [2.05, 4.69) is 56.9 Å². The van der Waals surface area contributed by atoms with E-state index in [1.165, 1.54) is 33.1 Å². The predicted octanol–water partition coefficient (Wildman–Crippen LogP) is 2.58. The zero-order valence-electron chi connectivity index (χ0n) is 15.5. The fourth-order valence-electron chi connectivity index (χ4n) is 3.28. The first-order valence-electron chi connectivity index (χ1n) is 9.13. The Balaban J connectivity index is 1.86. The second-order valence-corrected chi connectivity index (χ2v) is 7.50. The molecule has 0 saturated carbocycles. The van der Waals surface area contributed by atoms with Crippen molar-refractivity contribution in [2.45, 2.75) is 39.5 Å². The average Bonchev–Trinajstić information content (AvgIpc) is 3.30. The number of aromatic amines is 1. The summed E-state index contributed by atoms with van der Waals surface area (Å²) in [5, 5.41) is 15.3. The van der Waals surface area contributed by atoms with E-state index in [0.29, 0.717) is 4.96 Å². The molecule has 0 bridgehead atoms. The molecule has 10 heteroatoms. The summed E-state index contributed by atoms with van der Waals surface area (Å²) in [6, 6.07) is 4.22. The third kappa shape index (κ3) is 3.15. The second kappa shape index (κ2) is 7.47. The summed E-state index contributed by atoms with van der Waals surface area (Å²) in [7, 11) is 0. The largest absolute Gasteiger partial charge is 0.289 e. The highest BCUT2D eigenvalue weighted by Crippen LogP contribution is 2.28. The van der Waals surface area contributed by atoms with Crippen LogP contribution in [0.25, 0.3) is 15.2 Å². The molecule has 2 N–H and O–H groups in total. The Kier molecular flexibility index (Phi) is 4.86. The number of nitrogens with one attached hydrogen (secondary N) is 2. The van der Waals surface area contributed by atoms with Gasteiger partial charge in [0.1, 0.15) is 5.56 Å². The number of hydrogen-bond acceptors (Lipinski definition) is 7. The SMILES string of the molecule is CCCc1cc2sc3ncc(C(=O)Nc4nnn[nH]4)c(=O)n3c2cc1CCC. The maximum atomic E-state index is 13.1. The minimum atomic E-state index is -0.610. The number of carbonyl (C=O) groups is 1. The molecule has 1 aromatic carbocycles. The van der Waals surface area contributed by atoms with Crippen LogP contribution in [0.5, 0.6) is 0 Å². The van der Waals surface area contributed by atoms with E-state index >= 15 is 0 Å². The molecule has 0 atom stereocenters. The molecule has 3 aromatic heterocycles. The number of anilines is 1. The quantitative estimate of drug-likeness (QED) is 0.516. The van der Waals surface area contributed by atoms with Gasteiger partial charge in [-0.05, 0) is 46.5 Å². The maximum absolute atomic E-state index is 13.1. The minimum Gasteiger partial charge on any atom is -0.289 e. The van der Waals surface area contributed by atoms with Gasteiger partial charge in [-0.2, -0.15) is 0 Å². The van der Waals surface area contributed by atoms with Crippen LogP contribution in [0.4, 0.5) is 5.95 Å². The van der Waals surface area contributed by atoms with Crippen molar-refractivity contribution < 1.29 is 4.79 Å². The first-order valence-corrected chi connectivity index (χ1v) is 9.95. The Hall–Kier alpha value is -3.14. The molecule has 9 nitrogen and oxygen atoms in total. The highest BCUT2D eigenvalue weighted by atomic mass is 32.1. The second-order valence-electron chi connectivity index (χ2n) is 6.49. The van der Waals surface area contributed by atoms with E-state index in [0.717, 1.165) is 35.9 Å². The van der Waals surface area contributed by atoms with Crippen molar-refractivity contribution in [2.75, 3.05) is 5.32 Å². The van der Waals surface area contributed by atoms with Gasteiger partial charge in [-0.1, -0.05) is 43.1 Å². The summed E-state index contributed by atoms with van der Waals surface area (Å²) >= 11 is 1.45. The molecule has 3 heterocycles. The van der Waals surface area contributed by atoms with Crippen molar-refractivity contribution in [1.82, 2.24) is 30.0 Å². The molecule has 144 valence electrons. The van der Waals surface area contributed by atoms with Crippen molar-refractivity contribution >= 4 is 38.4 Å². The Morgan fingerprint density at radius 3 is 2.64 bits per heavy atom. The monoisotopic (exact) mass is 397 g/mol. The molecular weight excluding hydrogens is 378 g/mol. The van der Waals surface area contributed by atoms with Crippen molar-refractivity contribution in [3.8, 4) is 0 Å². The summed E-state index contributed by atoms with van der Waals surface area (Å²) < 4.78 is 2.51. The lowest BCUT2D eigenvalue weighted by atomic mass is 9.99. The number of hydrogen-bond donors (Lipinski definition) is 2. The van der Waals surface area contributed by atoms with Gasteiger partial charge >= 0.3 is 0 Å². The van der Waals surface area contributed by atoms with Crippen LogP contribution in [0, 0.1) is 0 Å². The van der Waals surface area contributed by atoms with Crippen molar-refractivity contribution in [1.29, 1.82) is 0 Å². The van der Waals surface area contributed by atoms with Gasteiger partial charge in [0.05, 0.1) is 10.2 Å². The molecule has 0 spiro atoms. The molecule has 0 aliphatic rings. The fraction of sp³-hybridized carbons (Fsp3) is 0.333. The molecule has 0 aliphatic heterocycles. The zero-order valence-corrected chi connectivity index (χ0v) is 16.3. The number of thiazole rings is 1. The number of tetrazole rings is 1. The van der Waals surface area contributed by atoms with Gasteiger partial charge in [0, 0.05) is 6.20 Å². The Labute approximate surface area is 163 Å². The van der Waals surface area contributed by atoms with E-state index < -0.39 is 11.5 Å². The zero-order chi connectivity index (χ0) is 19.7. The molecule has 0 unspecified atom stereocenters. The van der Waals surface area contributed by atoms with Gasteiger partial charge in [-0.15, -0.1) is 0 Å².